The molecule has 1 heterocycles. The van der Waals surface area contributed by atoms with Crippen molar-refractivity contribution in [2.75, 3.05) is 11.9 Å². The Kier molecular flexibility index (Phi) is 4.15. The topological polar surface area (TPSA) is 129 Å². The summed E-state index contributed by atoms with van der Waals surface area (Å²) in [6, 6.07) is 2.83. The van der Waals surface area contributed by atoms with Crippen LogP contribution in [0.4, 0.5) is 11.5 Å². The van der Waals surface area contributed by atoms with Gasteiger partial charge in [0.15, 0.2) is 0 Å². The Labute approximate surface area is 102 Å². The fraction of sp³-hybridized carbons (Fsp3) is 0.300. The predicted octanol–water partition coefficient (Wildman–Crippen LogP) is 0.994. The van der Waals surface area contributed by atoms with Gasteiger partial charge in [-0.3, -0.25) is 14.9 Å². The lowest BCUT2D eigenvalue weighted by molar-refractivity contribution is -0.384. The van der Waals surface area contributed by atoms with Crippen LogP contribution in [0.15, 0.2) is 12.3 Å². The standard InChI is InChI=1S/C10H10N4O4/c1-6(10(15)16)4-12-9-8(14(17)18)2-7(3-11)5-13-9/h2,5-6H,4H2,1H3,(H,12,13)(H,15,16). The number of nitriles is 1. The Morgan fingerprint density at radius 1 is 1.78 bits per heavy atom. The molecule has 0 fully saturated rings. The lowest BCUT2D eigenvalue weighted by atomic mass is 10.2. The molecule has 2 N–H and O–H groups in total. The second-order valence-corrected chi connectivity index (χ2v) is 3.58. The molecule has 0 aliphatic rings. The first-order valence-electron chi connectivity index (χ1n) is 4.97. The lowest BCUT2D eigenvalue weighted by Gasteiger charge is -2.08. The Balaban J connectivity index is 2.92. The number of carboxylic acids is 1. The van der Waals surface area contributed by atoms with E-state index in [9.17, 15) is 14.9 Å². The number of nitrogens with one attached hydrogen (secondary N) is 1. The third kappa shape index (κ3) is 3.15. The van der Waals surface area contributed by atoms with E-state index < -0.39 is 16.8 Å². The number of carboxylic acid groups (broad SMARTS) is 1. The Hall–Kier alpha value is -2.69. The van der Waals surface area contributed by atoms with Gasteiger partial charge in [-0.1, -0.05) is 6.92 Å². The number of nitro groups is 1. The van der Waals surface area contributed by atoms with Gasteiger partial charge in [0, 0.05) is 18.8 Å². The molecule has 1 unspecified atom stereocenters. The van der Waals surface area contributed by atoms with Crippen molar-refractivity contribution in [3.63, 3.8) is 0 Å². The van der Waals surface area contributed by atoms with Gasteiger partial charge in [0.25, 0.3) is 0 Å². The highest BCUT2D eigenvalue weighted by molar-refractivity contribution is 5.70. The van der Waals surface area contributed by atoms with E-state index in [4.69, 9.17) is 10.4 Å². The number of aliphatic carboxylic acids is 1. The largest absolute Gasteiger partial charge is 0.481 e. The summed E-state index contributed by atoms with van der Waals surface area (Å²) in [7, 11) is 0. The van der Waals surface area contributed by atoms with Gasteiger partial charge in [-0.2, -0.15) is 5.26 Å². The molecule has 0 spiro atoms. The summed E-state index contributed by atoms with van der Waals surface area (Å²) in [5, 5.41) is 30.7. The third-order valence-corrected chi connectivity index (χ3v) is 2.19. The molecule has 8 heteroatoms. The average molecular weight is 250 g/mol. The summed E-state index contributed by atoms with van der Waals surface area (Å²) in [5.41, 5.74) is -0.287. The molecule has 1 aromatic heterocycles. The number of nitrogens with zero attached hydrogens (tertiary/aromatic N) is 3. The van der Waals surface area contributed by atoms with Gasteiger partial charge in [0.05, 0.1) is 16.4 Å². The number of aromatic nitrogens is 1. The van der Waals surface area contributed by atoms with Crippen LogP contribution in [-0.2, 0) is 4.79 Å². The number of hydrogen-bond acceptors (Lipinski definition) is 6. The molecule has 0 aromatic carbocycles. The van der Waals surface area contributed by atoms with Crippen LogP contribution in [-0.4, -0.2) is 27.5 Å². The van der Waals surface area contributed by atoms with E-state index in [0.29, 0.717) is 0 Å². The number of hydrogen-bond donors (Lipinski definition) is 2. The van der Waals surface area contributed by atoms with E-state index in [1.807, 2.05) is 0 Å². The first kappa shape index (κ1) is 13.4. The first-order chi connectivity index (χ1) is 8.45. The number of carbonyl (C=O) groups is 1. The van der Waals surface area contributed by atoms with Gasteiger partial charge in [-0.15, -0.1) is 0 Å². The van der Waals surface area contributed by atoms with Crippen LogP contribution in [0.25, 0.3) is 0 Å². The van der Waals surface area contributed by atoms with Gasteiger partial charge in [0.2, 0.25) is 5.82 Å². The van der Waals surface area contributed by atoms with Crippen LogP contribution in [0, 0.1) is 27.4 Å². The molecule has 8 nitrogen and oxygen atoms in total. The molecule has 0 saturated heterocycles. The molecule has 0 bridgehead atoms. The summed E-state index contributed by atoms with van der Waals surface area (Å²) < 4.78 is 0. The minimum atomic E-state index is -1.02. The van der Waals surface area contributed by atoms with Gasteiger partial charge in [-0.25, -0.2) is 4.98 Å². The van der Waals surface area contributed by atoms with Crippen molar-refractivity contribution in [2.45, 2.75) is 6.92 Å². The highest BCUT2D eigenvalue weighted by Crippen LogP contribution is 2.22. The zero-order valence-electron chi connectivity index (χ0n) is 9.45. The van der Waals surface area contributed by atoms with Gasteiger partial charge >= 0.3 is 11.7 Å². The maximum atomic E-state index is 10.8. The minimum absolute atomic E-state index is 0.00900. The van der Waals surface area contributed by atoms with Crippen molar-refractivity contribution in [3.05, 3.63) is 27.9 Å². The molecule has 0 amide bonds. The molecule has 0 aliphatic carbocycles. The van der Waals surface area contributed by atoms with Gasteiger partial charge < -0.3 is 10.4 Å². The molecule has 1 aromatic rings. The van der Waals surface area contributed by atoms with E-state index in [-0.39, 0.29) is 23.6 Å². The Morgan fingerprint density at radius 3 is 2.94 bits per heavy atom. The van der Waals surface area contributed by atoms with Crippen molar-refractivity contribution in [3.8, 4) is 6.07 Å². The highest BCUT2D eigenvalue weighted by Gasteiger charge is 2.18. The molecule has 18 heavy (non-hydrogen) atoms. The number of pyridine rings is 1. The van der Waals surface area contributed by atoms with Crippen LogP contribution < -0.4 is 5.32 Å². The van der Waals surface area contributed by atoms with Crippen molar-refractivity contribution >= 4 is 17.5 Å². The van der Waals surface area contributed by atoms with Crippen LogP contribution in [0.2, 0.25) is 0 Å². The van der Waals surface area contributed by atoms with E-state index >= 15 is 0 Å². The molecule has 0 aliphatic heterocycles. The molecule has 0 saturated carbocycles. The van der Waals surface area contributed by atoms with Crippen LogP contribution in [0.5, 0.6) is 0 Å². The summed E-state index contributed by atoms with van der Waals surface area (Å²) in [6.45, 7) is 1.47. The minimum Gasteiger partial charge on any atom is -0.481 e. The maximum absolute atomic E-state index is 10.8. The molecular weight excluding hydrogens is 240 g/mol. The van der Waals surface area contributed by atoms with Gasteiger partial charge in [-0.05, 0) is 0 Å². The van der Waals surface area contributed by atoms with Crippen molar-refractivity contribution in [1.82, 2.24) is 4.98 Å². The SMILES string of the molecule is CC(CNc1ncc(C#N)cc1[N+](=O)[O-])C(=O)O. The Morgan fingerprint density at radius 2 is 2.44 bits per heavy atom. The van der Waals surface area contributed by atoms with Crippen LogP contribution in [0.3, 0.4) is 0 Å². The zero-order valence-corrected chi connectivity index (χ0v) is 9.45. The first-order valence-corrected chi connectivity index (χ1v) is 4.97. The van der Waals surface area contributed by atoms with E-state index in [1.54, 1.807) is 6.07 Å². The van der Waals surface area contributed by atoms with E-state index in [0.717, 1.165) is 6.07 Å². The monoisotopic (exact) mass is 250 g/mol. The van der Waals surface area contributed by atoms with E-state index in [2.05, 4.69) is 10.3 Å². The summed E-state index contributed by atoms with van der Waals surface area (Å²) in [5.74, 6) is -1.77. The van der Waals surface area contributed by atoms with E-state index in [1.165, 1.54) is 13.1 Å². The quantitative estimate of drug-likeness (QED) is 0.588. The van der Waals surface area contributed by atoms with Crippen LogP contribution in [0.1, 0.15) is 12.5 Å². The van der Waals surface area contributed by atoms with Crippen molar-refractivity contribution in [1.29, 1.82) is 5.26 Å². The molecule has 94 valence electrons. The van der Waals surface area contributed by atoms with Gasteiger partial charge in [0.1, 0.15) is 6.07 Å². The molecule has 1 atom stereocenters. The summed E-state index contributed by atoms with van der Waals surface area (Å²) in [6.07, 6.45) is 1.18. The maximum Gasteiger partial charge on any atom is 0.312 e. The number of rotatable bonds is 5. The average Bonchev–Trinajstić information content (AvgIpc) is 2.35. The van der Waals surface area contributed by atoms with Crippen molar-refractivity contribution < 1.29 is 14.8 Å². The molecular formula is C10H10N4O4. The summed E-state index contributed by atoms with van der Waals surface area (Å²) >= 11 is 0. The fourth-order valence-electron chi connectivity index (χ4n) is 1.13. The predicted molar refractivity (Wildman–Crippen MR) is 60.9 cm³/mol. The smallest absolute Gasteiger partial charge is 0.312 e. The molecule has 0 radical (unpaired) electrons. The second kappa shape index (κ2) is 5.58. The number of anilines is 1. The molecule has 1 rings (SSSR count). The summed E-state index contributed by atoms with van der Waals surface area (Å²) in [4.78, 5) is 24.4. The highest BCUT2D eigenvalue weighted by atomic mass is 16.6. The zero-order chi connectivity index (χ0) is 13.7. The lowest BCUT2D eigenvalue weighted by Crippen LogP contribution is -2.20. The third-order valence-electron chi connectivity index (χ3n) is 2.19. The normalized spacial score (nSPS) is 11.3. The Bertz CT molecular complexity index is 523. The second-order valence-electron chi connectivity index (χ2n) is 3.58. The van der Waals surface area contributed by atoms with Crippen molar-refractivity contribution in [2.24, 2.45) is 5.92 Å². The van der Waals surface area contributed by atoms with Crippen LogP contribution >= 0.6 is 0 Å². The fourth-order valence-corrected chi connectivity index (χ4v) is 1.13.